The second-order valence-corrected chi connectivity index (χ2v) is 8.33. The molecule has 0 spiro atoms. The molecular formula is C21H27N5O4. The summed E-state index contributed by atoms with van der Waals surface area (Å²) in [6.07, 6.45) is 1.48. The van der Waals surface area contributed by atoms with Crippen LogP contribution in [0.2, 0.25) is 0 Å². The molecule has 2 saturated heterocycles. The number of piperidine rings is 2. The Kier molecular flexibility index (Phi) is 5.13. The fourth-order valence-corrected chi connectivity index (χ4v) is 4.70. The van der Waals surface area contributed by atoms with Crippen molar-refractivity contribution < 1.29 is 19.5 Å². The lowest BCUT2D eigenvalue weighted by atomic mass is 9.92. The highest BCUT2D eigenvalue weighted by molar-refractivity contribution is 6.02. The van der Waals surface area contributed by atoms with Crippen LogP contribution in [0.15, 0.2) is 18.2 Å². The molecular weight excluding hydrogens is 386 g/mol. The van der Waals surface area contributed by atoms with E-state index in [-0.39, 0.29) is 23.9 Å². The Hall–Kier alpha value is -3.10. The van der Waals surface area contributed by atoms with Crippen LogP contribution in [0.25, 0.3) is 10.9 Å². The number of nitrogens with zero attached hydrogens (tertiary/aromatic N) is 4. The number of nitrogens with one attached hydrogen (secondary N) is 1. The lowest BCUT2D eigenvalue weighted by Crippen LogP contribution is -2.49. The Labute approximate surface area is 174 Å². The number of anilines is 1. The highest BCUT2D eigenvalue weighted by Crippen LogP contribution is 2.33. The Morgan fingerprint density at radius 1 is 1.30 bits per heavy atom. The number of likely N-dealkylation sites (tertiary alicyclic amines) is 1. The highest BCUT2D eigenvalue weighted by atomic mass is 16.4. The summed E-state index contributed by atoms with van der Waals surface area (Å²) in [5.41, 5.74) is 2.66. The van der Waals surface area contributed by atoms with Crippen molar-refractivity contribution in [2.24, 2.45) is 7.05 Å². The van der Waals surface area contributed by atoms with E-state index in [0.717, 1.165) is 29.4 Å². The highest BCUT2D eigenvalue weighted by Gasteiger charge is 2.33. The van der Waals surface area contributed by atoms with Crippen molar-refractivity contribution >= 4 is 34.5 Å². The zero-order chi connectivity index (χ0) is 21.6. The van der Waals surface area contributed by atoms with Crippen molar-refractivity contribution in [1.29, 1.82) is 0 Å². The van der Waals surface area contributed by atoms with Gasteiger partial charge in [-0.3, -0.25) is 19.6 Å². The smallest absolute Gasteiger partial charge is 0.407 e. The van der Waals surface area contributed by atoms with Crippen LogP contribution in [-0.4, -0.2) is 63.4 Å². The zero-order valence-corrected chi connectivity index (χ0v) is 17.5. The summed E-state index contributed by atoms with van der Waals surface area (Å²) in [5.74, 6) is -0.939. The van der Waals surface area contributed by atoms with E-state index in [1.807, 2.05) is 33.2 Å². The fraction of sp³-hybridized carbons (Fsp3) is 0.524. The Bertz CT molecular complexity index is 1020. The number of amides is 3. The molecule has 0 radical (unpaired) electrons. The van der Waals surface area contributed by atoms with Crippen molar-refractivity contribution in [3.05, 3.63) is 23.9 Å². The van der Waals surface area contributed by atoms with Gasteiger partial charge in [-0.25, -0.2) is 4.79 Å². The van der Waals surface area contributed by atoms with Gasteiger partial charge in [0.25, 0.3) is 0 Å². The number of hydrogen-bond acceptors (Lipinski definition) is 5. The van der Waals surface area contributed by atoms with Crippen LogP contribution in [-0.2, 0) is 16.6 Å². The number of aromatic nitrogens is 2. The predicted molar refractivity (Wildman–Crippen MR) is 111 cm³/mol. The molecule has 9 nitrogen and oxygen atoms in total. The maximum atomic E-state index is 12.3. The van der Waals surface area contributed by atoms with Crippen LogP contribution < -0.4 is 10.2 Å². The summed E-state index contributed by atoms with van der Waals surface area (Å²) in [6, 6.07) is 6.29. The molecule has 1 unspecified atom stereocenters. The molecule has 160 valence electrons. The van der Waals surface area contributed by atoms with Crippen molar-refractivity contribution in [1.82, 2.24) is 20.0 Å². The first kappa shape index (κ1) is 20.2. The van der Waals surface area contributed by atoms with Crippen molar-refractivity contribution in [2.45, 2.75) is 50.6 Å². The van der Waals surface area contributed by atoms with E-state index < -0.39 is 12.0 Å². The average Bonchev–Trinajstić information content (AvgIpc) is 3.03. The molecule has 9 heteroatoms. The minimum absolute atomic E-state index is 0.0248. The van der Waals surface area contributed by atoms with Crippen molar-refractivity contribution in [3.63, 3.8) is 0 Å². The molecule has 4 rings (SSSR count). The summed E-state index contributed by atoms with van der Waals surface area (Å²) in [7, 11) is 3.89. The third-order valence-electron chi connectivity index (χ3n) is 6.48. The minimum Gasteiger partial charge on any atom is -0.465 e. The van der Waals surface area contributed by atoms with E-state index in [9.17, 15) is 19.5 Å². The molecule has 30 heavy (non-hydrogen) atoms. The molecule has 1 aromatic carbocycles. The lowest BCUT2D eigenvalue weighted by molar-refractivity contribution is -0.134. The Morgan fingerprint density at radius 3 is 2.73 bits per heavy atom. The van der Waals surface area contributed by atoms with Gasteiger partial charge in [-0.15, -0.1) is 0 Å². The molecule has 2 N–H and O–H groups in total. The number of carboxylic acid groups (broad SMARTS) is 1. The summed E-state index contributed by atoms with van der Waals surface area (Å²) in [5, 5.41) is 17.2. The van der Waals surface area contributed by atoms with Crippen LogP contribution in [0, 0.1) is 0 Å². The number of hydrogen-bond donors (Lipinski definition) is 2. The molecule has 3 atom stereocenters. The molecule has 2 aliphatic rings. The van der Waals surface area contributed by atoms with Gasteiger partial charge in [-0.2, -0.15) is 5.10 Å². The third-order valence-corrected chi connectivity index (χ3v) is 6.48. The monoisotopic (exact) mass is 413 g/mol. The minimum atomic E-state index is -0.860. The number of rotatable bonds is 3. The predicted octanol–water partition coefficient (Wildman–Crippen LogP) is 2.06. The number of carbonyl (C=O) groups excluding carboxylic acids is 2. The van der Waals surface area contributed by atoms with E-state index in [1.54, 1.807) is 4.68 Å². The largest absolute Gasteiger partial charge is 0.465 e. The molecule has 2 aromatic rings. The van der Waals surface area contributed by atoms with Crippen molar-refractivity contribution in [2.75, 3.05) is 18.5 Å². The van der Waals surface area contributed by atoms with Gasteiger partial charge < -0.3 is 14.9 Å². The average molecular weight is 413 g/mol. The fourth-order valence-electron chi connectivity index (χ4n) is 4.70. The zero-order valence-electron chi connectivity index (χ0n) is 17.5. The summed E-state index contributed by atoms with van der Waals surface area (Å²) < 4.78 is 1.78. The number of aryl methyl sites for hydroxylation is 1. The number of imide groups is 1. The van der Waals surface area contributed by atoms with E-state index >= 15 is 0 Å². The van der Waals surface area contributed by atoms with Gasteiger partial charge in [-0.1, -0.05) is 0 Å². The van der Waals surface area contributed by atoms with Gasteiger partial charge in [0.1, 0.15) is 0 Å². The van der Waals surface area contributed by atoms with Gasteiger partial charge >= 0.3 is 6.09 Å². The van der Waals surface area contributed by atoms with Gasteiger partial charge in [0.05, 0.1) is 17.1 Å². The van der Waals surface area contributed by atoms with E-state index in [2.05, 4.69) is 21.4 Å². The van der Waals surface area contributed by atoms with Crippen LogP contribution in [0.4, 0.5) is 10.5 Å². The third kappa shape index (κ3) is 3.48. The van der Waals surface area contributed by atoms with E-state index in [1.165, 1.54) is 4.90 Å². The maximum absolute atomic E-state index is 12.3. The standard InChI is InChI=1S/C21H27N5O4/c1-12-10-14(8-9-26(12)21(29)30)24(2)13-4-5-15-17(11-13)25(3)23-19(15)16-6-7-18(27)22-20(16)28/h4-5,11-12,14,16H,6-10H2,1-3H3,(H,29,30)(H,22,27,28)/t12-,14+,16?/m0/s1. The number of carbonyl (C=O) groups is 3. The van der Waals surface area contributed by atoms with Gasteiger partial charge in [-0.05, 0) is 44.4 Å². The van der Waals surface area contributed by atoms with Crippen LogP contribution in [0.1, 0.15) is 44.2 Å². The van der Waals surface area contributed by atoms with Crippen molar-refractivity contribution in [3.8, 4) is 0 Å². The SMILES string of the molecule is C[C@H]1C[C@H](N(C)c2ccc3c(C4CCC(=O)NC4=O)nn(C)c3c2)CCN1C(=O)O. The first-order chi connectivity index (χ1) is 14.3. The molecule has 2 fully saturated rings. The number of fused-ring (bicyclic) bond motifs is 1. The van der Waals surface area contributed by atoms with E-state index in [4.69, 9.17) is 0 Å². The lowest BCUT2D eigenvalue weighted by Gasteiger charge is -2.40. The second-order valence-electron chi connectivity index (χ2n) is 8.33. The molecule has 0 aliphatic carbocycles. The maximum Gasteiger partial charge on any atom is 0.407 e. The number of benzene rings is 1. The molecule has 2 aliphatic heterocycles. The van der Waals surface area contributed by atoms with E-state index in [0.29, 0.717) is 25.1 Å². The van der Waals surface area contributed by atoms with Gasteiger partial charge in [0.15, 0.2) is 0 Å². The first-order valence-corrected chi connectivity index (χ1v) is 10.3. The molecule has 0 saturated carbocycles. The second kappa shape index (κ2) is 7.62. The first-order valence-electron chi connectivity index (χ1n) is 10.3. The summed E-state index contributed by atoms with van der Waals surface area (Å²) >= 11 is 0. The molecule has 1 aromatic heterocycles. The molecule has 3 heterocycles. The van der Waals surface area contributed by atoms with Crippen LogP contribution >= 0.6 is 0 Å². The normalized spacial score (nSPS) is 24.8. The summed E-state index contributed by atoms with van der Waals surface area (Å²) in [4.78, 5) is 38.8. The Morgan fingerprint density at radius 2 is 2.07 bits per heavy atom. The molecule has 0 bridgehead atoms. The van der Waals surface area contributed by atoms with Gasteiger partial charge in [0.2, 0.25) is 11.8 Å². The quantitative estimate of drug-likeness (QED) is 0.746. The van der Waals surface area contributed by atoms with Gasteiger partial charge in [0, 0.05) is 50.2 Å². The molecule has 3 amide bonds. The summed E-state index contributed by atoms with van der Waals surface area (Å²) in [6.45, 7) is 2.48. The van der Waals surface area contributed by atoms with Crippen LogP contribution in [0.5, 0.6) is 0 Å². The topological polar surface area (TPSA) is 108 Å². The Balaban J connectivity index is 1.58. The van der Waals surface area contributed by atoms with Crippen LogP contribution in [0.3, 0.4) is 0 Å².